The first-order chi connectivity index (χ1) is 5.88. The summed E-state index contributed by atoms with van der Waals surface area (Å²) < 4.78 is 5.48. The molecule has 1 heterocycles. The summed E-state index contributed by atoms with van der Waals surface area (Å²) in [6, 6.07) is 0. The van der Waals surface area contributed by atoms with Crippen molar-refractivity contribution >= 4 is 11.6 Å². The number of alkyl halides is 1. The minimum Gasteiger partial charge on any atom is -0.381 e. The molecule has 2 rings (SSSR count). The molecular formula is C10H17ClO. The molecule has 0 bridgehead atoms. The van der Waals surface area contributed by atoms with Gasteiger partial charge in [-0.15, -0.1) is 11.6 Å². The van der Waals surface area contributed by atoms with Gasteiger partial charge in [-0.05, 0) is 37.5 Å². The number of rotatable bonds is 1. The first kappa shape index (κ1) is 8.83. The van der Waals surface area contributed by atoms with Crippen LogP contribution in [0.15, 0.2) is 0 Å². The van der Waals surface area contributed by atoms with E-state index in [1.54, 1.807) is 0 Å². The van der Waals surface area contributed by atoms with Crippen molar-refractivity contribution in [2.24, 2.45) is 11.8 Å². The normalized spacial score (nSPS) is 43.2. The molecule has 2 aliphatic rings. The van der Waals surface area contributed by atoms with Crippen LogP contribution in [0.2, 0.25) is 0 Å². The summed E-state index contributed by atoms with van der Waals surface area (Å²) in [5, 5.41) is 0.441. The van der Waals surface area contributed by atoms with Crippen LogP contribution in [0.3, 0.4) is 0 Å². The van der Waals surface area contributed by atoms with E-state index in [0.29, 0.717) is 5.38 Å². The van der Waals surface area contributed by atoms with Crippen molar-refractivity contribution in [3.63, 3.8) is 0 Å². The Morgan fingerprint density at radius 3 is 2.58 bits per heavy atom. The highest BCUT2D eigenvalue weighted by Crippen LogP contribution is 2.38. The molecule has 1 aliphatic heterocycles. The maximum Gasteiger partial charge on any atom is 0.0497 e. The minimum absolute atomic E-state index is 0.441. The summed E-state index contributed by atoms with van der Waals surface area (Å²) >= 11 is 6.26. The zero-order valence-corrected chi connectivity index (χ0v) is 8.22. The van der Waals surface area contributed by atoms with Gasteiger partial charge in [-0.1, -0.05) is 6.42 Å². The lowest BCUT2D eigenvalue weighted by Gasteiger charge is -2.29. The van der Waals surface area contributed by atoms with Gasteiger partial charge < -0.3 is 4.74 Å². The van der Waals surface area contributed by atoms with Crippen molar-refractivity contribution in [1.82, 2.24) is 0 Å². The molecule has 1 aliphatic carbocycles. The van der Waals surface area contributed by atoms with Gasteiger partial charge in [0.25, 0.3) is 0 Å². The summed E-state index contributed by atoms with van der Waals surface area (Å²) in [5.41, 5.74) is 0. The van der Waals surface area contributed by atoms with Crippen molar-refractivity contribution in [3.05, 3.63) is 0 Å². The third-order valence-electron chi connectivity index (χ3n) is 3.28. The van der Waals surface area contributed by atoms with Gasteiger partial charge in [0.15, 0.2) is 0 Å². The molecule has 3 atom stereocenters. The molecule has 12 heavy (non-hydrogen) atoms. The van der Waals surface area contributed by atoms with Crippen molar-refractivity contribution in [2.75, 3.05) is 13.2 Å². The molecule has 0 N–H and O–H groups in total. The SMILES string of the molecule is ClC1CCCC1C1CCCOC1. The second-order valence-corrected chi connectivity index (χ2v) is 4.65. The summed E-state index contributed by atoms with van der Waals surface area (Å²) in [4.78, 5) is 0. The van der Waals surface area contributed by atoms with E-state index in [9.17, 15) is 0 Å². The molecule has 1 saturated carbocycles. The Bertz CT molecular complexity index is 143. The van der Waals surface area contributed by atoms with Gasteiger partial charge in [-0.2, -0.15) is 0 Å². The molecule has 0 aromatic heterocycles. The third kappa shape index (κ3) is 1.77. The Morgan fingerprint density at radius 1 is 1.08 bits per heavy atom. The van der Waals surface area contributed by atoms with Gasteiger partial charge in [0, 0.05) is 18.6 Å². The van der Waals surface area contributed by atoms with Crippen LogP contribution in [0.5, 0.6) is 0 Å². The predicted octanol–water partition coefficient (Wildman–Crippen LogP) is 2.82. The average molecular weight is 189 g/mol. The molecule has 0 aromatic rings. The second kappa shape index (κ2) is 3.97. The highest BCUT2D eigenvalue weighted by molar-refractivity contribution is 6.20. The molecule has 3 unspecified atom stereocenters. The van der Waals surface area contributed by atoms with E-state index < -0.39 is 0 Å². The highest BCUT2D eigenvalue weighted by atomic mass is 35.5. The van der Waals surface area contributed by atoms with Gasteiger partial charge >= 0.3 is 0 Å². The molecule has 0 radical (unpaired) electrons. The molecule has 2 fully saturated rings. The maximum absolute atomic E-state index is 6.26. The van der Waals surface area contributed by atoms with Gasteiger partial charge in [-0.25, -0.2) is 0 Å². The fourth-order valence-corrected chi connectivity index (χ4v) is 3.06. The number of ether oxygens (including phenoxy) is 1. The van der Waals surface area contributed by atoms with Crippen LogP contribution in [-0.2, 0) is 4.74 Å². The Balaban J connectivity index is 1.89. The Labute approximate surface area is 79.4 Å². The van der Waals surface area contributed by atoms with E-state index in [4.69, 9.17) is 16.3 Å². The molecule has 0 amide bonds. The molecule has 1 nitrogen and oxygen atoms in total. The van der Waals surface area contributed by atoms with Crippen molar-refractivity contribution < 1.29 is 4.74 Å². The minimum atomic E-state index is 0.441. The molecule has 70 valence electrons. The fraction of sp³-hybridized carbons (Fsp3) is 1.00. The first-order valence-electron chi connectivity index (χ1n) is 5.10. The lowest BCUT2D eigenvalue weighted by Crippen LogP contribution is -2.27. The number of hydrogen-bond acceptors (Lipinski definition) is 1. The van der Waals surface area contributed by atoms with Gasteiger partial charge in [0.1, 0.15) is 0 Å². The van der Waals surface area contributed by atoms with Crippen LogP contribution in [0.4, 0.5) is 0 Å². The monoisotopic (exact) mass is 188 g/mol. The molecule has 0 spiro atoms. The van der Waals surface area contributed by atoms with Crippen molar-refractivity contribution in [3.8, 4) is 0 Å². The summed E-state index contributed by atoms with van der Waals surface area (Å²) in [6.07, 6.45) is 6.47. The topological polar surface area (TPSA) is 9.23 Å². The Kier molecular flexibility index (Phi) is 2.92. The van der Waals surface area contributed by atoms with Crippen LogP contribution in [-0.4, -0.2) is 18.6 Å². The van der Waals surface area contributed by atoms with E-state index in [2.05, 4.69) is 0 Å². The molecule has 0 aromatic carbocycles. The smallest absolute Gasteiger partial charge is 0.0497 e. The lowest BCUT2D eigenvalue weighted by molar-refractivity contribution is 0.0324. The fourth-order valence-electron chi connectivity index (χ4n) is 2.58. The predicted molar refractivity (Wildman–Crippen MR) is 50.5 cm³/mol. The van der Waals surface area contributed by atoms with Gasteiger partial charge in [0.05, 0.1) is 0 Å². The maximum atomic E-state index is 6.26. The summed E-state index contributed by atoms with van der Waals surface area (Å²) in [7, 11) is 0. The van der Waals surface area contributed by atoms with Crippen LogP contribution in [0.1, 0.15) is 32.1 Å². The number of halogens is 1. The number of hydrogen-bond donors (Lipinski definition) is 0. The van der Waals surface area contributed by atoms with E-state index in [1.807, 2.05) is 0 Å². The third-order valence-corrected chi connectivity index (χ3v) is 3.82. The zero-order valence-electron chi connectivity index (χ0n) is 7.47. The van der Waals surface area contributed by atoms with Gasteiger partial charge in [0.2, 0.25) is 0 Å². The standard InChI is InChI=1S/C10H17ClO/c11-10-5-1-4-9(10)8-3-2-6-12-7-8/h8-10H,1-7H2. The Morgan fingerprint density at radius 2 is 2.00 bits per heavy atom. The van der Waals surface area contributed by atoms with E-state index >= 15 is 0 Å². The van der Waals surface area contributed by atoms with Crippen molar-refractivity contribution in [2.45, 2.75) is 37.5 Å². The van der Waals surface area contributed by atoms with Crippen LogP contribution in [0, 0.1) is 11.8 Å². The Hall–Kier alpha value is 0.250. The van der Waals surface area contributed by atoms with Crippen LogP contribution < -0.4 is 0 Å². The largest absolute Gasteiger partial charge is 0.381 e. The zero-order chi connectivity index (χ0) is 8.39. The van der Waals surface area contributed by atoms with Crippen LogP contribution in [0.25, 0.3) is 0 Å². The highest BCUT2D eigenvalue weighted by Gasteiger charge is 2.33. The van der Waals surface area contributed by atoms with E-state index in [-0.39, 0.29) is 0 Å². The van der Waals surface area contributed by atoms with Crippen molar-refractivity contribution in [1.29, 1.82) is 0 Å². The molecular weight excluding hydrogens is 172 g/mol. The molecule has 2 heteroatoms. The first-order valence-corrected chi connectivity index (χ1v) is 5.53. The molecule has 1 saturated heterocycles. The van der Waals surface area contributed by atoms with Gasteiger partial charge in [-0.3, -0.25) is 0 Å². The van der Waals surface area contributed by atoms with E-state index in [0.717, 1.165) is 25.0 Å². The quantitative estimate of drug-likeness (QED) is 0.575. The average Bonchev–Trinajstić information content (AvgIpc) is 2.53. The second-order valence-electron chi connectivity index (χ2n) is 4.09. The van der Waals surface area contributed by atoms with E-state index in [1.165, 1.54) is 32.1 Å². The van der Waals surface area contributed by atoms with Crippen LogP contribution >= 0.6 is 11.6 Å². The summed E-state index contributed by atoms with van der Waals surface area (Å²) in [5.74, 6) is 1.52. The lowest BCUT2D eigenvalue weighted by atomic mass is 9.86. The summed E-state index contributed by atoms with van der Waals surface area (Å²) in [6.45, 7) is 1.93.